The number of carbonyl (C=O) groups excluding carboxylic acids is 1. The largest absolute Gasteiger partial charge is 0.493 e. The second-order valence-corrected chi connectivity index (χ2v) is 6.44. The number of carbonyl (C=O) groups is 1. The molecule has 0 unspecified atom stereocenters. The number of rotatable bonds is 7. The van der Waals surface area contributed by atoms with Crippen molar-refractivity contribution in [1.82, 2.24) is 10.3 Å². The number of aromatic nitrogens is 1. The summed E-state index contributed by atoms with van der Waals surface area (Å²) in [5, 5.41) is 5.44. The molecule has 0 saturated carbocycles. The monoisotopic (exact) mass is 384 g/mol. The molecule has 3 aromatic rings. The van der Waals surface area contributed by atoms with Crippen LogP contribution < -0.4 is 19.5 Å². The van der Waals surface area contributed by atoms with E-state index in [1.165, 1.54) is 11.3 Å². The predicted molar refractivity (Wildman–Crippen MR) is 105 cm³/mol. The number of thiazole rings is 1. The second-order valence-electron chi connectivity index (χ2n) is 5.58. The van der Waals surface area contributed by atoms with Crippen molar-refractivity contribution in [2.24, 2.45) is 0 Å². The van der Waals surface area contributed by atoms with Gasteiger partial charge in [-0.2, -0.15) is 0 Å². The first-order chi connectivity index (χ1) is 13.2. The molecule has 0 aliphatic rings. The Bertz CT molecular complexity index is 925. The van der Waals surface area contributed by atoms with Crippen LogP contribution in [-0.4, -0.2) is 32.2 Å². The summed E-state index contributed by atoms with van der Waals surface area (Å²) in [5.74, 6) is 1.34. The number of methoxy groups -OCH3 is 3. The zero-order chi connectivity index (χ0) is 19.2. The topological polar surface area (TPSA) is 69.7 Å². The molecule has 0 bridgehead atoms. The van der Waals surface area contributed by atoms with Crippen molar-refractivity contribution < 1.29 is 19.0 Å². The Morgan fingerprint density at radius 3 is 2.41 bits per heavy atom. The van der Waals surface area contributed by atoms with E-state index >= 15 is 0 Å². The van der Waals surface area contributed by atoms with Crippen molar-refractivity contribution in [2.75, 3.05) is 21.3 Å². The van der Waals surface area contributed by atoms with Gasteiger partial charge >= 0.3 is 0 Å². The third kappa shape index (κ3) is 4.03. The number of hydrogen-bond acceptors (Lipinski definition) is 6. The minimum Gasteiger partial charge on any atom is -0.493 e. The van der Waals surface area contributed by atoms with Gasteiger partial charge in [0.2, 0.25) is 5.75 Å². The number of benzene rings is 2. The molecule has 6 nitrogen and oxygen atoms in total. The van der Waals surface area contributed by atoms with E-state index in [0.717, 1.165) is 16.1 Å². The van der Waals surface area contributed by atoms with E-state index in [1.54, 1.807) is 32.8 Å². The molecular formula is C20H20N2O4S. The molecule has 140 valence electrons. The van der Waals surface area contributed by atoms with E-state index < -0.39 is 0 Å². The molecule has 2 aromatic carbocycles. The summed E-state index contributed by atoms with van der Waals surface area (Å²) in [6.45, 7) is 0.278. The van der Waals surface area contributed by atoms with Gasteiger partial charge in [0.1, 0.15) is 10.7 Å². The Kier molecular flexibility index (Phi) is 5.93. The van der Waals surface area contributed by atoms with E-state index in [0.29, 0.717) is 22.9 Å². The SMILES string of the molecule is COc1ccc(CNC(=O)c2csc(-c3ccccc3)n2)c(OC)c1OC. The average Bonchev–Trinajstić information content (AvgIpc) is 3.22. The van der Waals surface area contributed by atoms with Crippen LogP contribution >= 0.6 is 11.3 Å². The number of nitrogens with one attached hydrogen (secondary N) is 1. The number of ether oxygens (including phenoxy) is 3. The second kappa shape index (κ2) is 8.55. The molecule has 0 radical (unpaired) electrons. The molecule has 1 heterocycles. The van der Waals surface area contributed by atoms with Crippen LogP contribution in [0.25, 0.3) is 10.6 Å². The Balaban J connectivity index is 1.74. The molecule has 1 amide bonds. The summed E-state index contributed by atoms with van der Waals surface area (Å²) in [7, 11) is 4.66. The van der Waals surface area contributed by atoms with E-state index in [1.807, 2.05) is 36.4 Å². The molecule has 0 aliphatic carbocycles. The maximum Gasteiger partial charge on any atom is 0.271 e. The molecule has 27 heavy (non-hydrogen) atoms. The Morgan fingerprint density at radius 1 is 1.00 bits per heavy atom. The molecule has 0 aliphatic heterocycles. The third-order valence-electron chi connectivity index (χ3n) is 3.98. The van der Waals surface area contributed by atoms with Gasteiger partial charge in [0, 0.05) is 23.1 Å². The van der Waals surface area contributed by atoms with Gasteiger partial charge in [0.15, 0.2) is 11.5 Å². The van der Waals surface area contributed by atoms with Crippen LogP contribution in [0.4, 0.5) is 0 Å². The minimum absolute atomic E-state index is 0.245. The predicted octanol–water partition coefficient (Wildman–Crippen LogP) is 3.77. The molecule has 3 rings (SSSR count). The first-order valence-electron chi connectivity index (χ1n) is 8.25. The van der Waals surface area contributed by atoms with Crippen LogP contribution in [-0.2, 0) is 6.54 Å². The summed E-state index contributed by atoms with van der Waals surface area (Å²) < 4.78 is 16.1. The summed E-state index contributed by atoms with van der Waals surface area (Å²) in [6.07, 6.45) is 0. The highest BCUT2D eigenvalue weighted by Crippen LogP contribution is 2.39. The summed E-state index contributed by atoms with van der Waals surface area (Å²) in [5.41, 5.74) is 2.16. The number of nitrogens with zero attached hydrogens (tertiary/aromatic N) is 1. The zero-order valence-corrected chi connectivity index (χ0v) is 16.1. The molecule has 7 heteroatoms. The van der Waals surface area contributed by atoms with Gasteiger partial charge in [0.25, 0.3) is 5.91 Å². The lowest BCUT2D eigenvalue weighted by atomic mass is 10.1. The van der Waals surface area contributed by atoms with Crippen molar-refractivity contribution in [3.63, 3.8) is 0 Å². The van der Waals surface area contributed by atoms with Crippen LogP contribution in [0, 0.1) is 0 Å². The summed E-state index contributed by atoms with van der Waals surface area (Å²) in [6, 6.07) is 13.4. The third-order valence-corrected chi connectivity index (χ3v) is 4.87. The lowest BCUT2D eigenvalue weighted by molar-refractivity contribution is 0.0946. The fourth-order valence-electron chi connectivity index (χ4n) is 2.66. The lowest BCUT2D eigenvalue weighted by Crippen LogP contribution is -2.23. The van der Waals surface area contributed by atoms with E-state index in [4.69, 9.17) is 14.2 Å². The average molecular weight is 384 g/mol. The molecule has 0 atom stereocenters. The standard InChI is InChI=1S/C20H20N2O4S/c1-24-16-10-9-14(17(25-2)18(16)26-3)11-21-19(23)15-12-27-20(22-15)13-7-5-4-6-8-13/h4-10,12H,11H2,1-3H3,(H,21,23). The molecule has 0 spiro atoms. The van der Waals surface area contributed by atoms with Gasteiger partial charge in [-0.3, -0.25) is 4.79 Å². The summed E-state index contributed by atoms with van der Waals surface area (Å²) in [4.78, 5) is 16.9. The van der Waals surface area contributed by atoms with E-state index in [2.05, 4.69) is 10.3 Å². The highest BCUT2D eigenvalue weighted by Gasteiger charge is 2.17. The summed E-state index contributed by atoms with van der Waals surface area (Å²) >= 11 is 1.44. The van der Waals surface area contributed by atoms with Crippen LogP contribution in [0.5, 0.6) is 17.2 Å². The first kappa shape index (κ1) is 18.7. The van der Waals surface area contributed by atoms with Crippen molar-refractivity contribution in [1.29, 1.82) is 0 Å². The lowest BCUT2D eigenvalue weighted by Gasteiger charge is -2.15. The van der Waals surface area contributed by atoms with Crippen LogP contribution in [0.15, 0.2) is 47.8 Å². The Labute approximate surface area is 161 Å². The van der Waals surface area contributed by atoms with Crippen LogP contribution in [0.2, 0.25) is 0 Å². The molecule has 1 N–H and O–H groups in total. The Hall–Kier alpha value is -3.06. The molecule has 0 saturated heterocycles. The number of hydrogen-bond donors (Lipinski definition) is 1. The minimum atomic E-state index is -0.245. The molecular weight excluding hydrogens is 364 g/mol. The fraction of sp³-hybridized carbons (Fsp3) is 0.200. The first-order valence-corrected chi connectivity index (χ1v) is 9.13. The van der Waals surface area contributed by atoms with Crippen LogP contribution in [0.1, 0.15) is 16.1 Å². The maximum atomic E-state index is 12.5. The Morgan fingerprint density at radius 2 is 1.74 bits per heavy atom. The van der Waals surface area contributed by atoms with Crippen molar-refractivity contribution in [3.8, 4) is 27.8 Å². The number of amides is 1. The highest BCUT2D eigenvalue weighted by atomic mass is 32.1. The maximum absolute atomic E-state index is 12.5. The van der Waals surface area contributed by atoms with Gasteiger partial charge in [-0.05, 0) is 12.1 Å². The van der Waals surface area contributed by atoms with Gasteiger partial charge in [-0.15, -0.1) is 11.3 Å². The normalized spacial score (nSPS) is 10.3. The quantitative estimate of drug-likeness (QED) is 0.672. The van der Waals surface area contributed by atoms with Gasteiger partial charge in [-0.25, -0.2) is 4.98 Å². The van der Waals surface area contributed by atoms with Crippen molar-refractivity contribution in [2.45, 2.75) is 6.54 Å². The van der Waals surface area contributed by atoms with Gasteiger partial charge in [0.05, 0.1) is 21.3 Å². The fourth-order valence-corrected chi connectivity index (χ4v) is 3.47. The van der Waals surface area contributed by atoms with Crippen molar-refractivity contribution >= 4 is 17.2 Å². The smallest absolute Gasteiger partial charge is 0.271 e. The van der Waals surface area contributed by atoms with Gasteiger partial charge < -0.3 is 19.5 Å². The highest BCUT2D eigenvalue weighted by molar-refractivity contribution is 7.13. The van der Waals surface area contributed by atoms with Crippen LogP contribution in [0.3, 0.4) is 0 Å². The molecule has 0 fully saturated rings. The zero-order valence-electron chi connectivity index (χ0n) is 15.3. The van der Waals surface area contributed by atoms with Crippen molar-refractivity contribution in [3.05, 3.63) is 59.1 Å². The van der Waals surface area contributed by atoms with Gasteiger partial charge in [-0.1, -0.05) is 30.3 Å². The van der Waals surface area contributed by atoms with E-state index in [9.17, 15) is 4.79 Å². The van der Waals surface area contributed by atoms with E-state index in [-0.39, 0.29) is 12.5 Å². The molecule has 1 aromatic heterocycles.